The molecule has 2 nitrogen and oxygen atoms in total. The van der Waals surface area contributed by atoms with Crippen LogP contribution in [0.4, 0.5) is 0 Å². The highest BCUT2D eigenvalue weighted by atomic mass is 28.4. The highest BCUT2D eigenvalue weighted by molar-refractivity contribution is 6.72. The molecule has 10 heavy (non-hydrogen) atoms. The van der Waals surface area contributed by atoms with Gasteiger partial charge in [0.25, 0.3) is 0 Å². The second kappa shape index (κ2) is 4.88. The van der Waals surface area contributed by atoms with Crippen molar-refractivity contribution in [2.45, 2.75) is 32.0 Å². The van der Waals surface area contributed by atoms with Gasteiger partial charge in [0, 0.05) is 13.7 Å². The molecule has 0 fully saturated rings. The lowest BCUT2D eigenvalue weighted by Gasteiger charge is -2.22. The van der Waals surface area contributed by atoms with Crippen molar-refractivity contribution in [3.63, 3.8) is 0 Å². The van der Waals surface area contributed by atoms with E-state index < -0.39 is 8.32 Å². The van der Waals surface area contributed by atoms with Gasteiger partial charge in [-0.2, -0.15) is 0 Å². The van der Waals surface area contributed by atoms with Gasteiger partial charge < -0.3 is 9.53 Å². The van der Waals surface area contributed by atoms with Gasteiger partial charge in [0.1, 0.15) is 0 Å². The van der Waals surface area contributed by atoms with E-state index in [2.05, 4.69) is 13.5 Å². The highest BCUT2D eigenvalue weighted by Crippen LogP contribution is 2.16. The molecule has 0 aromatic heterocycles. The van der Waals surface area contributed by atoms with Crippen LogP contribution in [0.25, 0.3) is 0 Å². The van der Waals surface area contributed by atoms with E-state index >= 15 is 0 Å². The van der Waals surface area contributed by atoms with Crippen LogP contribution >= 0.6 is 0 Å². The first-order chi connectivity index (χ1) is 4.68. The maximum Gasteiger partial charge on any atom is 0.189 e. The van der Waals surface area contributed by atoms with E-state index in [1.807, 2.05) is 0 Å². The van der Waals surface area contributed by atoms with Gasteiger partial charge in [-0.3, -0.25) is 0 Å². The Bertz CT molecular complexity index is 81.7. The van der Waals surface area contributed by atoms with Crippen LogP contribution in [0.2, 0.25) is 18.6 Å². The number of rotatable bonds is 5. The number of hydrogen-bond donors (Lipinski definition) is 1. The second-order valence-corrected chi connectivity index (χ2v) is 7.35. The molecule has 1 atom stereocenters. The SMILES string of the molecule is CC[Si](C)(CCCO)OC. The molecule has 1 N–H and O–H groups in total. The fourth-order valence-corrected chi connectivity index (χ4v) is 2.63. The van der Waals surface area contributed by atoms with E-state index in [1.54, 1.807) is 7.11 Å². The van der Waals surface area contributed by atoms with E-state index in [0.29, 0.717) is 6.61 Å². The molecular formula is C7H18O2Si. The third-order valence-electron chi connectivity index (χ3n) is 2.10. The first kappa shape index (κ1) is 10.1. The van der Waals surface area contributed by atoms with Crippen molar-refractivity contribution < 1.29 is 9.53 Å². The van der Waals surface area contributed by atoms with Crippen molar-refractivity contribution in [1.29, 1.82) is 0 Å². The van der Waals surface area contributed by atoms with Crippen LogP contribution in [-0.4, -0.2) is 27.1 Å². The molecule has 0 radical (unpaired) electrons. The van der Waals surface area contributed by atoms with Gasteiger partial charge in [-0.25, -0.2) is 0 Å². The smallest absolute Gasteiger partial charge is 0.189 e. The first-order valence-corrected chi connectivity index (χ1v) is 6.67. The van der Waals surface area contributed by atoms with Crippen molar-refractivity contribution in [1.82, 2.24) is 0 Å². The highest BCUT2D eigenvalue weighted by Gasteiger charge is 2.23. The zero-order valence-electron chi connectivity index (χ0n) is 7.18. The molecule has 0 aromatic carbocycles. The third-order valence-corrected chi connectivity index (χ3v) is 6.00. The molecule has 0 aliphatic carbocycles. The molecule has 3 heteroatoms. The number of aliphatic hydroxyl groups is 1. The quantitative estimate of drug-likeness (QED) is 0.622. The van der Waals surface area contributed by atoms with E-state index in [0.717, 1.165) is 18.5 Å². The maximum absolute atomic E-state index is 8.59. The first-order valence-electron chi connectivity index (χ1n) is 3.84. The summed E-state index contributed by atoms with van der Waals surface area (Å²) in [6.45, 7) is 4.67. The molecule has 0 saturated carbocycles. The Kier molecular flexibility index (Phi) is 4.94. The normalized spacial score (nSPS) is 16.8. The minimum absolute atomic E-state index is 0.298. The molecule has 0 spiro atoms. The standard InChI is InChI=1S/C7H18O2Si/c1-4-10(3,9-2)7-5-6-8/h8H,4-7H2,1-3H3. The fraction of sp³-hybridized carbons (Fsp3) is 1.00. The Hall–Kier alpha value is 0.137. The van der Waals surface area contributed by atoms with Crippen LogP contribution < -0.4 is 0 Å². The predicted molar refractivity (Wildman–Crippen MR) is 45.6 cm³/mol. The Morgan fingerprint density at radius 1 is 1.50 bits per heavy atom. The molecule has 62 valence electrons. The van der Waals surface area contributed by atoms with Gasteiger partial charge in [-0.05, 0) is 25.1 Å². The monoisotopic (exact) mass is 162 g/mol. The summed E-state index contributed by atoms with van der Waals surface area (Å²) in [5.74, 6) is 0. The molecule has 0 rings (SSSR count). The molecule has 0 aliphatic heterocycles. The maximum atomic E-state index is 8.59. The average molecular weight is 162 g/mol. The molecule has 0 aliphatic rings. The van der Waals surface area contributed by atoms with E-state index in [4.69, 9.17) is 9.53 Å². The summed E-state index contributed by atoms with van der Waals surface area (Å²) < 4.78 is 5.42. The van der Waals surface area contributed by atoms with Gasteiger partial charge in [0.05, 0.1) is 0 Å². The molecule has 0 saturated heterocycles. The number of aliphatic hydroxyl groups excluding tert-OH is 1. The third kappa shape index (κ3) is 3.34. The van der Waals surface area contributed by atoms with Crippen LogP contribution in [0.3, 0.4) is 0 Å². The molecule has 0 aromatic rings. The molecular weight excluding hydrogens is 144 g/mol. The van der Waals surface area contributed by atoms with Gasteiger partial charge in [0.2, 0.25) is 0 Å². The lowest BCUT2D eigenvalue weighted by molar-refractivity contribution is 0.290. The summed E-state index contributed by atoms with van der Waals surface area (Å²) >= 11 is 0. The topological polar surface area (TPSA) is 29.5 Å². The number of hydrogen-bond acceptors (Lipinski definition) is 2. The minimum Gasteiger partial charge on any atom is -0.420 e. The molecule has 1 unspecified atom stereocenters. The Morgan fingerprint density at radius 2 is 2.10 bits per heavy atom. The minimum atomic E-state index is -1.38. The summed E-state index contributed by atoms with van der Waals surface area (Å²) in [6, 6.07) is 2.22. The average Bonchev–Trinajstić information content (AvgIpc) is 2.00. The van der Waals surface area contributed by atoms with Crippen molar-refractivity contribution in [3.05, 3.63) is 0 Å². The molecule has 0 bridgehead atoms. The van der Waals surface area contributed by atoms with Crippen molar-refractivity contribution in [2.24, 2.45) is 0 Å². The summed E-state index contributed by atoms with van der Waals surface area (Å²) in [5, 5.41) is 8.59. The van der Waals surface area contributed by atoms with Crippen LogP contribution in [-0.2, 0) is 4.43 Å². The largest absolute Gasteiger partial charge is 0.420 e. The van der Waals surface area contributed by atoms with E-state index in [-0.39, 0.29) is 0 Å². The van der Waals surface area contributed by atoms with E-state index in [1.165, 1.54) is 0 Å². The predicted octanol–water partition coefficient (Wildman–Crippen LogP) is 1.61. The molecule has 0 heterocycles. The van der Waals surface area contributed by atoms with Crippen LogP contribution in [0.15, 0.2) is 0 Å². The van der Waals surface area contributed by atoms with Gasteiger partial charge in [-0.1, -0.05) is 6.92 Å². The van der Waals surface area contributed by atoms with Crippen LogP contribution in [0, 0.1) is 0 Å². The van der Waals surface area contributed by atoms with Crippen molar-refractivity contribution in [2.75, 3.05) is 13.7 Å². The fourth-order valence-electron chi connectivity index (χ4n) is 0.876. The van der Waals surface area contributed by atoms with Gasteiger partial charge >= 0.3 is 0 Å². The lowest BCUT2D eigenvalue weighted by Crippen LogP contribution is -2.31. The summed E-state index contributed by atoms with van der Waals surface area (Å²) in [7, 11) is 0.407. The lowest BCUT2D eigenvalue weighted by atomic mass is 10.5. The summed E-state index contributed by atoms with van der Waals surface area (Å²) in [4.78, 5) is 0. The van der Waals surface area contributed by atoms with Crippen LogP contribution in [0.5, 0.6) is 0 Å². The zero-order chi connectivity index (χ0) is 8.04. The van der Waals surface area contributed by atoms with E-state index in [9.17, 15) is 0 Å². The Morgan fingerprint density at radius 3 is 2.40 bits per heavy atom. The zero-order valence-corrected chi connectivity index (χ0v) is 8.18. The van der Waals surface area contributed by atoms with Gasteiger partial charge in [-0.15, -0.1) is 0 Å². The summed E-state index contributed by atoms with van der Waals surface area (Å²) in [5.41, 5.74) is 0. The second-order valence-electron chi connectivity index (χ2n) is 2.83. The molecule has 0 amide bonds. The Labute approximate surface area is 64.3 Å². The van der Waals surface area contributed by atoms with Crippen LogP contribution in [0.1, 0.15) is 13.3 Å². The van der Waals surface area contributed by atoms with Crippen molar-refractivity contribution in [3.8, 4) is 0 Å². The van der Waals surface area contributed by atoms with Crippen molar-refractivity contribution >= 4 is 8.32 Å². The Balaban J connectivity index is 3.58. The summed E-state index contributed by atoms with van der Waals surface area (Å²) in [6.07, 6.45) is 0.893. The van der Waals surface area contributed by atoms with Gasteiger partial charge in [0.15, 0.2) is 8.32 Å².